The SMILES string of the molecule is O=C(Nc1ccc(N2C(=O)[C@@H]3[C@H](C2=O)[C@H]2C=C[C@@H]3C2)cc1Cl)c1ccc(Cl)cc1Cl. The number of anilines is 2. The standard InChI is InChI=1S/C22H15Cl3N2O3/c23-12-3-5-14(15(24)8-12)20(28)26-17-6-4-13(9-16(17)25)27-21(29)18-10-1-2-11(7-10)19(18)22(27)30/h1-6,8-11,18-19H,7H2,(H,26,28)/t10-,11+,18+,19-. The molecule has 2 fully saturated rings. The van der Waals surface area contributed by atoms with Crippen LogP contribution in [0, 0.1) is 23.7 Å². The molecule has 0 spiro atoms. The minimum atomic E-state index is -0.447. The van der Waals surface area contributed by atoms with E-state index in [0.717, 1.165) is 6.42 Å². The van der Waals surface area contributed by atoms with Crippen molar-refractivity contribution < 1.29 is 14.4 Å². The summed E-state index contributed by atoms with van der Waals surface area (Å²) in [5.41, 5.74) is 1.01. The van der Waals surface area contributed by atoms with E-state index in [1.807, 2.05) is 12.2 Å². The highest BCUT2D eigenvalue weighted by molar-refractivity contribution is 6.38. The average molecular weight is 462 g/mol. The minimum absolute atomic E-state index is 0.139. The predicted octanol–water partition coefficient (Wildman–Crippen LogP) is 5.21. The Hall–Kier alpha value is -2.34. The Kier molecular flexibility index (Phi) is 4.65. The first-order chi connectivity index (χ1) is 14.3. The first-order valence-corrected chi connectivity index (χ1v) is 10.6. The van der Waals surface area contributed by atoms with Crippen LogP contribution < -0.4 is 10.2 Å². The number of benzene rings is 2. The maximum atomic E-state index is 12.9. The molecular formula is C22H15Cl3N2O3. The summed E-state index contributed by atoms with van der Waals surface area (Å²) in [5, 5.41) is 3.55. The Morgan fingerprint density at radius 1 is 0.900 bits per heavy atom. The van der Waals surface area contributed by atoms with Crippen LogP contribution in [0.1, 0.15) is 16.8 Å². The van der Waals surface area contributed by atoms with E-state index in [1.54, 1.807) is 18.2 Å². The lowest BCUT2D eigenvalue weighted by Crippen LogP contribution is -2.32. The van der Waals surface area contributed by atoms with Crippen molar-refractivity contribution in [1.29, 1.82) is 0 Å². The van der Waals surface area contributed by atoms with E-state index >= 15 is 0 Å². The number of imide groups is 1. The molecule has 2 bridgehead atoms. The van der Waals surface area contributed by atoms with E-state index in [1.165, 1.54) is 23.1 Å². The van der Waals surface area contributed by atoms with Crippen LogP contribution >= 0.6 is 34.8 Å². The maximum Gasteiger partial charge on any atom is 0.257 e. The number of allylic oxidation sites excluding steroid dienone is 2. The summed E-state index contributed by atoms with van der Waals surface area (Å²) >= 11 is 18.3. The van der Waals surface area contributed by atoms with Crippen LogP contribution in [-0.4, -0.2) is 17.7 Å². The Morgan fingerprint density at radius 2 is 1.57 bits per heavy atom. The van der Waals surface area contributed by atoms with Gasteiger partial charge in [0, 0.05) is 5.02 Å². The number of carbonyl (C=O) groups is 3. The van der Waals surface area contributed by atoms with Gasteiger partial charge in [-0.25, -0.2) is 4.90 Å². The van der Waals surface area contributed by atoms with Crippen molar-refractivity contribution in [2.24, 2.45) is 23.7 Å². The molecule has 4 atom stereocenters. The number of carbonyl (C=O) groups excluding carboxylic acids is 3. The molecule has 3 aliphatic rings. The van der Waals surface area contributed by atoms with Gasteiger partial charge in [-0.05, 0) is 54.7 Å². The fraction of sp³-hybridized carbons (Fsp3) is 0.227. The van der Waals surface area contributed by atoms with Crippen molar-refractivity contribution in [2.45, 2.75) is 6.42 Å². The fourth-order valence-electron chi connectivity index (χ4n) is 4.76. The molecule has 2 aliphatic carbocycles. The van der Waals surface area contributed by atoms with Crippen molar-refractivity contribution in [3.8, 4) is 0 Å². The molecule has 0 radical (unpaired) electrons. The molecule has 2 aromatic rings. The van der Waals surface area contributed by atoms with Gasteiger partial charge in [-0.3, -0.25) is 14.4 Å². The molecule has 8 heteroatoms. The summed E-state index contributed by atoms with van der Waals surface area (Å²) in [6, 6.07) is 9.26. The summed E-state index contributed by atoms with van der Waals surface area (Å²) in [7, 11) is 0. The van der Waals surface area contributed by atoms with E-state index in [0.29, 0.717) is 16.4 Å². The highest BCUT2D eigenvalue weighted by Gasteiger charge is 2.59. The quantitative estimate of drug-likeness (QED) is 0.504. The molecule has 1 N–H and O–H groups in total. The van der Waals surface area contributed by atoms with Crippen molar-refractivity contribution >= 4 is 63.9 Å². The average Bonchev–Trinajstić information content (AvgIpc) is 3.37. The lowest BCUT2D eigenvalue weighted by atomic mass is 9.85. The molecule has 0 unspecified atom stereocenters. The molecule has 30 heavy (non-hydrogen) atoms. The molecule has 1 aliphatic heterocycles. The number of amides is 3. The summed E-state index contributed by atoms with van der Waals surface area (Å²) in [5.74, 6) is -1.09. The molecule has 152 valence electrons. The van der Waals surface area contributed by atoms with Gasteiger partial charge >= 0.3 is 0 Å². The topological polar surface area (TPSA) is 66.5 Å². The van der Waals surface area contributed by atoms with Gasteiger partial charge in [-0.15, -0.1) is 0 Å². The zero-order chi connectivity index (χ0) is 21.2. The minimum Gasteiger partial charge on any atom is -0.321 e. The van der Waals surface area contributed by atoms with Gasteiger partial charge in [0.05, 0.1) is 38.8 Å². The highest BCUT2D eigenvalue weighted by Crippen LogP contribution is 2.53. The van der Waals surface area contributed by atoms with Crippen LogP contribution in [0.15, 0.2) is 48.6 Å². The third kappa shape index (κ3) is 2.96. The maximum absolute atomic E-state index is 12.9. The van der Waals surface area contributed by atoms with Crippen LogP contribution in [0.4, 0.5) is 11.4 Å². The van der Waals surface area contributed by atoms with Crippen LogP contribution in [0.2, 0.25) is 15.1 Å². The van der Waals surface area contributed by atoms with Gasteiger partial charge in [0.2, 0.25) is 11.8 Å². The van der Waals surface area contributed by atoms with E-state index in [-0.39, 0.29) is 51.1 Å². The molecular weight excluding hydrogens is 447 g/mol. The van der Waals surface area contributed by atoms with Gasteiger partial charge in [0.1, 0.15) is 0 Å². The first-order valence-electron chi connectivity index (χ1n) is 9.47. The molecule has 0 aromatic heterocycles. The third-order valence-corrected chi connectivity index (χ3v) is 6.97. The van der Waals surface area contributed by atoms with E-state index < -0.39 is 5.91 Å². The van der Waals surface area contributed by atoms with E-state index in [2.05, 4.69) is 5.32 Å². The second-order valence-corrected chi connectivity index (χ2v) is 9.01. The molecule has 1 saturated heterocycles. The zero-order valence-corrected chi connectivity index (χ0v) is 17.7. The van der Waals surface area contributed by atoms with Crippen LogP contribution in [0.3, 0.4) is 0 Å². The Morgan fingerprint density at radius 3 is 2.17 bits per heavy atom. The molecule has 5 rings (SSSR count). The number of nitrogens with zero attached hydrogens (tertiary/aromatic N) is 1. The van der Waals surface area contributed by atoms with Crippen LogP contribution in [-0.2, 0) is 9.59 Å². The third-order valence-electron chi connectivity index (χ3n) is 6.11. The molecule has 3 amide bonds. The van der Waals surface area contributed by atoms with Gasteiger partial charge in [-0.2, -0.15) is 0 Å². The summed E-state index contributed by atoms with van der Waals surface area (Å²) < 4.78 is 0. The first kappa shape index (κ1) is 19.6. The van der Waals surface area contributed by atoms with Crippen molar-refractivity contribution in [3.05, 3.63) is 69.2 Å². The zero-order valence-electron chi connectivity index (χ0n) is 15.4. The normalized spacial score (nSPS) is 26.4. The number of nitrogens with one attached hydrogen (secondary N) is 1. The van der Waals surface area contributed by atoms with Crippen molar-refractivity contribution in [2.75, 3.05) is 10.2 Å². The predicted molar refractivity (Wildman–Crippen MR) is 116 cm³/mol. The molecule has 5 nitrogen and oxygen atoms in total. The van der Waals surface area contributed by atoms with Crippen LogP contribution in [0.25, 0.3) is 0 Å². The van der Waals surface area contributed by atoms with Gasteiger partial charge in [-0.1, -0.05) is 47.0 Å². The summed E-state index contributed by atoms with van der Waals surface area (Å²) in [6.07, 6.45) is 4.97. The number of rotatable bonds is 3. The molecule has 2 aromatic carbocycles. The van der Waals surface area contributed by atoms with Crippen molar-refractivity contribution in [1.82, 2.24) is 0 Å². The molecule has 1 saturated carbocycles. The Labute approximate surface area is 187 Å². The number of hydrogen-bond acceptors (Lipinski definition) is 3. The number of hydrogen-bond donors (Lipinski definition) is 1. The Bertz CT molecular complexity index is 1120. The monoisotopic (exact) mass is 460 g/mol. The molecule has 1 heterocycles. The summed E-state index contributed by atoms with van der Waals surface area (Å²) in [6.45, 7) is 0. The fourth-order valence-corrected chi connectivity index (χ4v) is 5.48. The van der Waals surface area contributed by atoms with Gasteiger partial charge in [0.25, 0.3) is 5.91 Å². The lowest BCUT2D eigenvalue weighted by Gasteiger charge is -2.18. The van der Waals surface area contributed by atoms with Crippen molar-refractivity contribution in [3.63, 3.8) is 0 Å². The second-order valence-electron chi connectivity index (χ2n) is 7.75. The van der Waals surface area contributed by atoms with E-state index in [4.69, 9.17) is 34.8 Å². The highest BCUT2D eigenvalue weighted by atomic mass is 35.5. The van der Waals surface area contributed by atoms with Crippen LogP contribution in [0.5, 0.6) is 0 Å². The van der Waals surface area contributed by atoms with E-state index in [9.17, 15) is 14.4 Å². The summed E-state index contributed by atoms with van der Waals surface area (Å²) in [4.78, 5) is 39.7. The number of fused-ring (bicyclic) bond motifs is 5. The second kappa shape index (κ2) is 7.12. The van der Waals surface area contributed by atoms with Gasteiger partial charge in [0.15, 0.2) is 0 Å². The largest absolute Gasteiger partial charge is 0.321 e. The Balaban J connectivity index is 1.38. The van der Waals surface area contributed by atoms with Gasteiger partial charge < -0.3 is 5.32 Å². The lowest BCUT2D eigenvalue weighted by molar-refractivity contribution is -0.123. The number of halogens is 3. The smallest absolute Gasteiger partial charge is 0.257 e.